The molecule has 112 valence electrons. The Morgan fingerprint density at radius 2 is 2.05 bits per heavy atom. The fraction of sp³-hybridized carbons (Fsp3) is 0.733. The lowest BCUT2D eigenvalue weighted by molar-refractivity contribution is -0.128. The van der Waals surface area contributed by atoms with Gasteiger partial charge in [-0.15, -0.1) is 0 Å². The Balaban J connectivity index is 2.20. The fourth-order valence-corrected chi connectivity index (χ4v) is 3.51. The number of aryl methyl sites for hydroxylation is 2. The maximum Gasteiger partial charge on any atom is 0.144 e. The second-order valence-electron chi connectivity index (χ2n) is 5.79. The summed E-state index contributed by atoms with van der Waals surface area (Å²) in [4.78, 5) is 12.7. The van der Waals surface area contributed by atoms with E-state index in [4.69, 9.17) is 0 Å². The molecule has 1 aliphatic rings. The van der Waals surface area contributed by atoms with E-state index in [1.54, 1.807) is 0 Å². The molecule has 20 heavy (non-hydrogen) atoms. The van der Waals surface area contributed by atoms with Gasteiger partial charge >= 0.3 is 0 Å². The SMILES string of the molecule is CCc1nn(CC)c(CC(=O)C2(C)CCNCC2)c1Br. The van der Waals surface area contributed by atoms with E-state index in [0.29, 0.717) is 12.2 Å². The van der Waals surface area contributed by atoms with Gasteiger partial charge in [-0.1, -0.05) is 13.8 Å². The van der Waals surface area contributed by atoms with Gasteiger partial charge in [0.2, 0.25) is 0 Å². The Bertz CT molecular complexity index is 490. The predicted molar refractivity (Wildman–Crippen MR) is 83.9 cm³/mol. The van der Waals surface area contributed by atoms with E-state index in [2.05, 4.69) is 47.1 Å². The summed E-state index contributed by atoms with van der Waals surface area (Å²) < 4.78 is 2.98. The molecule has 0 bridgehead atoms. The summed E-state index contributed by atoms with van der Waals surface area (Å²) in [5.74, 6) is 0.344. The normalized spacial score (nSPS) is 18.2. The molecule has 1 aromatic heterocycles. The molecular weight excluding hydrogens is 318 g/mol. The molecule has 0 aliphatic carbocycles. The molecule has 0 amide bonds. The van der Waals surface area contributed by atoms with E-state index in [-0.39, 0.29) is 5.41 Å². The van der Waals surface area contributed by atoms with E-state index in [1.165, 1.54) is 0 Å². The quantitative estimate of drug-likeness (QED) is 0.895. The number of hydrogen-bond acceptors (Lipinski definition) is 3. The molecule has 2 rings (SSSR count). The highest BCUT2D eigenvalue weighted by Gasteiger charge is 2.35. The van der Waals surface area contributed by atoms with Crippen molar-refractivity contribution in [1.82, 2.24) is 15.1 Å². The van der Waals surface area contributed by atoms with E-state index >= 15 is 0 Å². The maximum atomic E-state index is 12.7. The molecule has 2 heterocycles. The molecule has 1 fully saturated rings. The van der Waals surface area contributed by atoms with Crippen molar-refractivity contribution in [3.63, 3.8) is 0 Å². The molecule has 0 atom stereocenters. The van der Waals surface area contributed by atoms with Crippen LogP contribution in [0.2, 0.25) is 0 Å². The van der Waals surface area contributed by atoms with E-state index in [1.807, 2.05) is 4.68 Å². The number of carbonyl (C=O) groups is 1. The van der Waals surface area contributed by atoms with Gasteiger partial charge in [0.05, 0.1) is 22.3 Å². The van der Waals surface area contributed by atoms with Crippen LogP contribution in [0.15, 0.2) is 4.47 Å². The molecule has 0 saturated carbocycles. The number of carbonyl (C=O) groups excluding carboxylic acids is 1. The van der Waals surface area contributed by atoms with Crippen molar-refractivity contribution in [2.24, 2.45) is 5.41 Å². The second kappa shape index (κ2) is 6.39. The minimum Gasteiger partial charge on any atom is -0.317 e. The van der Waals surface area contributed by atoms with Gasteiger partial charge in [0.1, 0.15) is 5.78 Å². The fourth-order valence-electron chi connectivity index (χ4n) is 2.81. The molecule has 1 aliphatic heterocycles. The van der Waals surface area contributed by atoms with Crippen LogP contribution in [0.1, 0.15) is 45.0 Å². The lowest BCUT2D eigenvalue weighted by Gasteiger charge is -2.32. The van der Waals surface area contributed by atoms with Gasteiger partial charge in [-0.2, -0.15) is 5.10 Å². The van der Waals surface area contributed by atoms with Crippen molar-refractivity contribution in [3.05, 3.63) is 15.9 Å². The van der Waals surface area contributed by atoms with Gasteiger partial charge < -0.3 is 5.32 Å². The van der Waals surface area contributed by atoms with Gasteiger partial charge in [0, 0.05) is 12.0 Å². The monoisotopic (exact) mass is 341 g/mol. The number of piperidine rings is 1. The van der Waals surface area contributed by atoms with Crippen LogP contribution in [0, 0.1) is 5.41 Å². The van der Waals surface area contributed by atoms with Crippen molar-refractivity contribution < 1.29 is 4.79 Å². The zero-order valence-corrected chi connectivity index (χ0v) is 14.2. The van der Waals surface area contributed by atoms with E-state index in [0.717, 1.165) is 54.8 Å². The van der Waals surface area contributed by atoms with Gasteiger partial charge in [0.25, 0.3) is 0 Å². The van der Waals surface area contributed by atoms with Crippen LogP contribution in [0.25, 0.3) is 0 Å². The summed E-state index contributed by atoms with van der Waals surface area (Å²) in [5.41, 5.74) is 1.90. The average Bonchev–Trinajstić information content (AvgIpc) is 2.76. The molecule has 0 radical (unpaired) electrons. The summed E-state index contributed by atoms with van der Waals surface area (Å²) in [5, 5.41) is 7.90. The largest absolute Gasteiger partial charge is 0.317 e. The zero-order valence-electron chi connectivity index (χ0n) is 12.6. The van der Waals surface area contributed by atoms with Gasteiger partial charge in [-0.25, -0.2) is 0 Å². The van der Waals surface area contributed by atoms with Crippen molar-refractivity contribution in [2.75, 3.05) is 13.1 Å². The van der Waals surface area contributed by atoms with Crippen LogP contribution in [-0.4, -0.2) is 28.7 Å². The number of hydrogen-bond donors (Lipinski definition) is 1. The smallest absolute Gasteiger partial charge is 0.144 e. The van der Waals surface area contributed by atoms with Gasteiger partial charge in [-0.3, -0.25) is 9.48 Å². The van der Waals surface area contributed by atoms with Crippen molar-refractivity contribution in [3.8, 4) is 0 Å². The second-order valence-corrected chi connectivity index (χ2v) is 6.58. The maximum absolute atomic E-state index is 12.7. The van der Waals surface area contributed by atoms with Crippen LogP contribution < -0.4 is 5.32 Å². The topological polar surface area (TPSA) is 46.9 Å². The first-order valence-corrected chi connectivity index (χ1v) is 8.29. The number of ketones is 1. The minimum atomic E-state index is -0.181. The average molecular weight is 342 g/mol. The highest BCUT2D eigenvalue weighted by atomic mass is 79.9. The first-order valence-electron chi connectivity index (χ1n) is 7.50. The van der Waals surface area contributed by atoms with E-state index in [9.17, 15) is 4.79 Å². The van der Waals surface area contributed by atoms with Crippen LogP contribution in [0.4, 0.5) is 0 Å². The molecule has 0 spiro atoms. The number of nitrogens with one attached hydrogen (secondary N) is 1. The Kier molecular flexibility index (Phi) is 5.02. The summed E-state index contributed by atoms with van der Waals surface area (Å²) in [6.07, 6.45) is 3.24. The third-order valence-corrected chi connectivity index (χ3v) is 5.32. The lowest BCUT2D eigenvalue weighted by Crippen LogP contribution is -2.41. The summed E-state index contributed by atoms with van der Waals surface area (Å²) >= 11 is 3.63. The highest BCUT2D eigenvalue weighted by Crippen LogP contribution is 2.32. The lowest BCUT2D eigenvalue weighted by atomic mass is 9.76. The molecule has 1 saturated heterocycles. The molecule has 5 heteroatoms. The third kappa shape index (κ3) is 2.98. The predicted octanol–water partition coefficient (Wildman–Crippen LogP) is 2.73. The number of nitrogens with zero attached hydrogens (tertiary/aromatic N) is 2. The zero-order chi connectivity index (χ0) is 14.8. The van der Waals surface area contributed by atoms with Crippen LogP contribution in [0.3, 0.4) is 0 Å². The number of halogens is 1. The van der Waals surface area contributed by atoms with Gasteiger partial charge in [-0.05, 0) is 55.2 Å². The first kappa shape index (κ1) is 15.7. The highest BCUT2D eigenvalue weighted by molar-refractivity contribution is 9.10. The Hall–Kier alpha value is -0.680. The van der Waals surface area contributed by atoms with Crippen LogP contribution >= 0.6 is 15.9 Å². The molecule has 0 unspecified atom stereocenters. The third-order valence-electron chi connectivity index (χ3n) is 4.40. The molecule has 4 nitrogen and oxygen atoms in total. The number of Topliss-reactive ketones (excluding diaryl/α,β-unsaturated/α-hetero) is 1. The Morgan fingerprint density at radius 1 is 1.40 bits per heavy atom. The van der Waals surface area contributed by atoms with Crippen molar-refractivity contribution in [2.45, 2.75) is 53.0 Å². The standard InChI is InChI=1S/C15H24BrN3O/c1-4-11-14(16)12(19(5-2)18-11)10-13(20)15(3)6-8-17-9-7-15/h17H,4-10H2,1-3H3. The van der Waals surface area contributed by atoms with E-state index < -0.39 is 0 Å². The minimum absolute atomic E-state index is 0.181. The number of aromatic nitrogens is 2. The summed E-state index contributed by atoms with van der Waals surface area (Å²) in [7, 11) is 0. The van der Waals surface area contributed by atoms with Crippen molar-refractivity contribution in [1.29, 1.82) is 0 Å². The summed E-state index contributed by atoms with van der Waals surface area (Å²) in [6.45, 7) is 8.95. The van der Waals surface area contributed by atoms with Gasteiger partial charge in [0.15, 0.2) is 0 Å². The van der Waals surface area contributed by atoms with Crippen LogP contribution in [-0.2, 0) is 24.2 Å². The Labute approximate surface area is 129 Å². The number of rotatable bonds is 5. The Morgan fingerprint density at radius 3 is 2.60 bits per heavy atom. The molecule has 1 N–H and O–H groups in total. The summed E-state index contributed by atoms with van der Waals surface area (Å²) in [6, 6.07) is 0. The van der Waals surface area contributed by atoms with Crippen molar-refractivity contribution >= 4 is 21.7 Å². The molecule has 1 aromatic rings. The molecule has 0 aromatic carbocycles. The van der Waals surface area contributed by atoms with Crippen LogP contribution in [0.5, 0.6) is 0 Å². The molecular formula is C15H24BrN3O. The first-order chi connectivity index (χ1) is 9.51.